The van der Waals surface area contributed by atoms with Crippen LogP contribution in [-0.4, -0.2) is 111 Å². The van der Waals surface area contributed by atoms with Gasteiger partial charge in [0.05, 0.1) is 49.7 Å². The predicted molar refractivity (Wildman–Crippen MR) is 232 cm³/mol. The lowest BCUT2D eigenvalue weighted by Gasteiger charge is -2.21. The Morgan fingerprint density at radius 3 is 1.53 bits per heavy atom. The van der Waals surface area contributed by atoms with Gasteiger partial charge >= 0.3 is 12.1 Å². The number of para-hydroxylation sites is 1. The number of amides is 4. The molecule has 60 heavy (non-hydrogen) atoms. The highest BCUT2D eigenvalue weighted by Crippen LogP contribution is 2.39. The molecule has 0 spiro atoms. The highest BCUT2D eigenvalue weighted by molar-refractivity contribution is 9.10. The molecule has 0 aliphatic rings. The third kappa shape index (κ3) is 21.7. The second kappa shape index (κ2) is 28.1. The predicted octanol–water partition coefficient (Wildman–Crippen LogP) is 6.81. The van der Waals surface area contributed by atoms with E-state index in [2.05, 4.69) is 37.2 Å². The largest absolute Gasteiger partial charge is 0.467 e. The minimum absolute atomic E-state index is 0.00559. The fraction of sp³-hybridized carbons (Fsp3) is 0.512. The molecule has 17 heteroatoms. The van der Waals surface area contributed by atoms with E-state index in [4.69, 9.17) is 42.6 Å². The van der Waals surface area contributed by atoms with E-state index in [1.54, 1.807) is 39.5 Å². The third-order valence-corrected chi connectivity index (χ3v) is 8.18. The van der Waals surface area contributed by atoms with Gasteiger partial charge in [0.2, 0.25) is 0 Å². The van der Waals surface area contributed by atoms with Gasteiger partial charge in [0.25, 0.3) is 0 Å². The van der Waals surface area contributed by atoms with Gasteiger partial charge in [0, 0.05) is 56.6 Å². The van der Waals surface area contributed by atoms with Crippen LogP contribution < -0.4 is 35.5 Å². The van der Waals surface area contributed by atoms with E-state index in [0.29, 0.717) is 80.1 Å². The number of benzene rings is 3. The van der Waals surface area contributed by atoms with E-state index >= 15 is 0 Å². The van der Waals surface area contributed by atoms with Gasteiger partial charge in [-0.05, 0) is 98.9 Å². The van der Waals surface area contributed by atoms with Gasteiger partial charge in [-0.1, -0.05) is 24.3 Å². The average Bonchev–Trinajstić information content (AvgIpc) is 3.19. The van der Waals surface area contributed by atoms with Crippen LogP contribution >= 0.6 is 15.9 Å². The van der Waals surface area contributed by atoms with E-state index in [1.807, 2.05) is 77.9 Å². The molecular formula is C43H63BrN4O12. The van der Waals surface area contributed by atoms with Gasteiger partial charge in [0.15, 0.2) is 26.7 Å². The van der Waals surface area contributed by atoms with E-state index in [9.17, 15) is 14.4 Å². The number of hydrogen-bond acceptors (Lipinski definition) is 12. The van der Waals surface area contributed by atoms with Crippen molar-refractivity contribution in [2.75, 3.05) is 81.3 Å². The van der Waals surface area contributed by atoms with Gasteiger partial charge in [-0.25, -0.2) is 9.59 Å². The zero-order valence-electron chi connectivity index (χ0n) is 36.3. The Kier molecular flexibility index (Phi) is 24.2. The Morgan fingerprint density at radius 2 is 1.07 bits per heavy atom. The van der Waals surface area contributed by atoms with Crippen LogP contribution in [-0.2, 0) is 41.5 Å². The smallest absolute Gasteiger partial charge is 0.315 e. The molecule has 0 bridgehead atoms. The molecule has 0 atom stereocenters. The first kappa shape index (κ1) is 51.7. The summed E-state index contributed by atoms with van der Waals surface area (Å²) in [5, 5.41) is 11.4. The second-order valence-electron chi connectivity index (χ2n) is 15.0. The number of methoxy groups -OCH3 is 3. The van der Waals surface area contributed by atoms with Gasteiger partial charge in [-0.15, -0.1) is 0 Å². The monoisotopic (exact) mass is 906 g/mol. The van der Waals surface area contributed by atoms with Gasteiger partial charge < -0.3 is 63.9 Å². The quantitative estimate of drug-likeness (QED) is 0.0420. The molecule has 3 rings (SSSR count). The molecule has 0 fully saturated rings. The molecular weight excluding hydrogens is 844 g/mol. The van der Waals surface area contributed by atoms with Crippen LogP contribution in [0.25, 0.3) is 11.1 Å². The van der Waals surface area contributed by atoms with Crippen molar-refractivity contribution < 1.29 is 57.0 Å². The molecule has 0 heterocycles. The topological polar surface area (TPSA) is 182 Å². The van der Waals surface area contributed by atoms with E-state index in [-0.39, 0.29) is 50.1 Å². The normalized spacial score (nSPS) is 11.2. The molecule has 4 N–H and O–H groups in total. The lowest BCUT2D eigenvalue weighted by atomic mass is 9.98. The maximum atomic E-state index is 12.3. The number of urea groups is 2. The van der Waals surface area contributed by atoms with E-state index in [0.717, 1.165) is 21.9 Å². The summed E-state index contributed by atoms with van der Waals surface area (Å²) in [5.74, 6) is 1.56. The van der Waals surface area contributed by atoms with Crippen LogP contribution in [0.5, 0.6) is 17.2 Å². The van der Waals surface area contributed by atoms with E-state index in [1.165, 1.54) is 0 Å². The number of hydrogen-bond donors (Lipinski definition) is 4. The SMILES string of the molecule is COCCOCOc1ccc(CNC(=O)NC(C)(C)C)cc1-c1cccc(C=O)c1OCOCCOC.COCCOCOc1ccc(CNC(=O)NC(C)(C)C)cc1Br. The Morgan fingerprint density at radius 1 is 0.600 bits per heavy atom. The number of carbonyl (C=O) groups excluding carboxylic acids is 3. The highest BCUT2D eigenvalue weighted by atomic mass is 79.9. The van der Waals surface area contributed by atoms with E-state index < -0.39 is 0 Å². The molecule has 0 saturated carbocycles. The lowest BCUT2D eigenvalue weighted by Crippen LogP contribution is -2.46. The number of ether oxygens (including phenoxy) is 9. The van der Waals surface area contributed by atoms with Crippen molar-refractivity contribution in [3.05, 3.63) is 75.8 Å². The van der Waals surface area contributed by atoms with Crippen LogP contribution in [0.4, 0.5) is 9.59 Å². The van der Waals surface area contributed by atoms with Crippen molar-refractivity contribution in [2.45, 2.75) is 65.7 Å². The van der Waals surface area contributed by atoms with Gasteiger partial charge in [0.1, 0.15) is 17.2 Å². The Balaban J connectivity index is 0.000000462. The molecule has 4 amide bonds. The summed E-state index contributed by atoms with van der Waals surface area (Å²) >= 11 is 3.45. The molecule has 3 aromatic carbocycles. The summed E-state index contributed by atoms with van der Waals surface area (Å²) in [5.41, 5.74) is 2.84. The molecule has 0 radical (unpaired) electrons. The third-order valence-electron chi connectivity index (χ3n) is 7.56. The molecule has 0 unspecified atom stereocenters. The Hall–Kier alpha value is -4.49. The van der Waals surface area contributed by atoms with Crippen LogP contribution in [0.15, 0.2) is 59.1 Å². The van der Waals surface area contributed by atoms with Crippen LogP contribution in [0, 0.1) is 0 Å². The maximum absolute atomic E-state index is 12.3. The maximum Gasteiger partial charge on any atom is 0.315 e. The van der Waals surface area contributed by atoms with Gasteiger partial charge in [-0.3, -0.25) is 4.79 Å². The second-order valence-corrected chi connectivity index (χ2v) is 15.9. The van der Waals surface area contributed by atoms with Crippen LogP contribution in [0.3, 0.4) is 0 Å². The Labute approximate surface area is 362 Å². The molecule has 16 nitrogen and oxygen atoms in total. The minimum atomic E-state index is -0.359. The summed E-state index contributed by atoms with van der Waals surface area (Å²) in [6.45, 7) is 15.0. The molecule has 0 aromatic heterocycles. The lowest BCUT2D eigenvalue weighted by molar-refractivity contribution is -0.00924. The summed E-state index contributed by atoms with van der Waals surface area (Å²) in [7, 11) is 4.80. The first-order valence-corrected chi connectivity index (χ1v) is 20.1. The molecule has 0 aliphatic carbocycles. The zero-order chi connectivity index (χ0) is 44.4. The Bertz CT molecular complexity index is 1730. The van der Waals surface area contributed by atoms with Crippen LogP contribution in [0.2, 0.25) is 0 Å². The van der Waals surface area contributed by atoms with Crippen molar-refractivity contribution in [2.24, 2.45) is 0 Å². The first-order valence-electron chi connectivity index (χ1n) is 19.3. The molecule has 0 saturated heterocycles. The van der Waals surface area contributed by atoms with Crippen molar-refractivity contribution in [3.8, 4) is 28.4 Å². The number of carbonyl (C=O) groups is 3. The first-order chi connectivity index (χ1) is 28.6. The molecule has 0 aliphatic heterocycles. The van der Waals surface area contributed by atoms with Crippen LogP contribution in [0.1, 0.15) is 63.0 Å². The van der Waals surface area contributed by atoms with Gasteiger partial charge in [-0.2, -0.15) is 0 Å². The average molecular weight is 908 g/mol. The molecule has 3 aromatic rings. The van der Waals surface area contributed by atoms with Crippen molar-refractivity contribution in [1.82, 2.24) is 21.3 Å². The number of rotatable bonds is 24. The summed E-state index contributed by atoms with van der Waals surface area (Å²) in [4.78, 5) is 35.8. The summed E-state index contributed by atoms with van der Waals surface area (Å²) in [6, 6.07) is 15.9. The standard InChI is InChI=1S/C27H38N2O8.C16H25BrN2O4/c1-27(2,3)29-26(31)28-16-20-9-10-24(36-18-34-13-11-32-4)23(15-20)22-8-6-7-21(17-30)25(22)37-19-35-14-12-33-5;1-16(2,3)19-15(20)18-10-12-5-6-14(13(17)9-12)23-11-22-8-7-21-4/h6-10,15,17H,11-14,16,18-19H2,1-5H3,(H2,28,29,31);5-6,9H,7-8,10-11H2,1-4H3,(H2,18,19,20). The summed E-state index contributed by atoms with van der Waals surface area (Å²) in [6.07, 6.45) is 0.727. The number of halogens is 1. The highest BCUT2D eigenvalue weighted by Gasteiger charge is 2.18. The zero-order valence-corrected chi connectivity index (χ0v) is 37.9. The minimum Gasteiger partial charge on any atom is -0.467 e. The fourth-order valence-corrected chi connectivity index (χ4v) is 5.41. The van der Waals surface area contributed by atoms with Crippen molar-refractivity contribution in [1.29, 1.82) is 0 Å². The number of nitrogens with one attached hydrogen (secondary N) is 4. The van der Waals surface area contributed by atoms with Crippen molar-refractivity contribution >= 4 is 34.3 Å². The van der Waals surface area contributed by atoms with Crippen molar-refractivity contribution in [3.63, 3.8) is 0 Å². The fourth-order valence-electron chi connectivity index (χ4n) is 4.86. The molecule has 334 valence electrons. The number of aldehydes is 1. The summed E-state index contributed by atoms with van der Waals surface area (Å²) < 4.78 is 49.1.